The number of carbonyl (C=O) groups is 2. The largest absolute Gasteiger partial charge is 0.508 e. The van der Waals surface area contributed by atoms with E-state index in [1.165, 1.54) is 0 Å². The van der Waals surface area contributed by atoms with E-state index in [9.17, 15) is 14.7 Å². The molecule has 0 bridgehead atoms. The molecule has 13 heteroatoms. The Balaban J connectivity index is 1.09. The van der Waals surface area contributed by atoms with Crippen molar-refractivity contribution < 1.29 is 33.6 Å². The first kappa shape index (κ1) is 37.9. The monoisotopic (exact) mass is 686 g/mol. The maximum atomic E-state index is 12.2. The molecular formula is C37H46N6O7. The van der Waals surface area contributed by atoms with Crippen molar-refractivity contribution in [1.82, 2.24) is 15.0 Å². The predicted octanol–water partition coefficient (Wildman–Crippen LogP) is 5.54. The molecule has 0 atom stereocenters. The van der Waals surface area contributed by atoms with Gasteiger partial charge in [-0.1, -0.05) is 60.7 Å². The molecular weight excluding hydrogens is 640 g/mol. The smallest absolute Gasteiger partial charge is 0.233 e. The number of Topliss-reactive ketones (excluding diaryl/α,β-unsaturated/α-hetero) is 2. The minimum absolute atomic E-state index is 0.117. The van der Waals surface area contributed by atoms with Gasteiger partial charge in [-0.05, 0) is 37.1 Å². The van der Waals surface area contributed by atoms with Gasteiger partial charge in [-0.3, -0.25) is 9.59 Å². The van der Waals surface area contributed by atoms with E-state index in [0.29, 0.717) is 115 Å². The van der Waals surface area contributed by atoms with E-state index >= 15 is 0 Å². The first-order valence-electron chi connectivity index (χ1n) is 16.8. The normalized spacial score (nSPS) is 10.9. The Morgan fingerprint density at radius 2 is 0.940 bits per heavy atom. The Morgan fingerprint density at radius 1 is 0.520 bits per heavy atom. The van der Waals surface area contributed by atoms with Crippen molar-refractivity contribution >= 4 is 35.1 Å². The first-order valence-corrected chi connectivity index (χ1v) is 16.8. The summed E-state index contributed by atoms with van der Waals surface area (Å²) in [6, 6.07) is 25.1. The van der Waals surface area contributed by atoms with Crippen LogP contribution in [0.25, 0.3) is 0 Å². The van der Waals surface area contributed by atoms with Crippen LogP contribution in [0.15, 0.2) is 84.9 Å². The standard InChI is InChI=1S/C37H46N6O7/c44-32-17-15-31(16-18-32)40-37-42-35(38-19-23-49-27-25-47-21-7-13-33(45)29-9-3-1-4-10-29)41-36(43-37)39-20-24-50-28-26-48-22-8-14-34(46)30-11-5-2-6-12-30/h1-6,9-12,15-18,44H,7-8,13-14,19-28H2,(H3,38,39,40,41,42,43). The highest BCUT2D eigenvalue weighted by atomic mass is 16.5. The van der Waals surface area contributed by atoms with Gasteiger partial charge in [0.2, 0.25) is 17.8 Å². The molecule has 0 saturated carbocycles. The molecule has 0 amide bonds. The molecule has 4 N–H and O–H groups in total. The number of nitrogens with zero attached hydrogens (tertiary/aromatic N) is 3. The molecule has 266 valence electrons. The molecule has 0 unspecified atom stereocenters. The van der Waals surface area contributed by atoms with Crippen molar-refractivity contribution in [1.29, 1.82) is 0 Å². The molecule has 50 heavy (non-hydrogen) atoms. The van der Waals surface area contributed by atoms with Crippen LogP contribution in [-0.2, 0) is 18.9 Å². The van der Waals surface area contributed by atoms with Gasteiger partial charge in [-0.15, -0.1) is 0 Å². The molecule has 4 rings (SSSR count). The first-order chi connectivity index (χ1) is 24.6. The lowest BCUT2D eigenvalue weighted by Crippen LogP contribution is -2.17. The Hall–Kier alpha value is -4.95. The van der Waals surface area contributed by atoms with Gasteiger partial charge in [0, 0.05) is 56.0 Å². The number of rotatable bonds is 26. The maximum absolute atomic E-state index is 12.2. The van der Waals surface area contributed by atoms with Crippen LogP contribution in [0.5, 0.6) is 5.75 Å². The summed E-state index contributed by atoms with van der Waals surface area (Å²) < 4.78 is 22.5. The average molecular weight is 687 g/mol. The molecule has 0 aliphatic rings. The fourth-order valence-corrected chi connectivity index (χ4v) is 4.58. The summed E-state index contributed by atoms with van der Waals surface area (Å²) in [6.07, 6.45) is 2.21. The van der Waals surface area contributed by atoms with Gasteiger partial charge in [0.1, 0.15) is 5.75 Å². The van der Waals surface area contributed by atoms with Gasteiger partial charge in [0.15, 0.2) is 11.6 Å². The third-order valence-corrected chi connectivity index (χ3v) is 7.14. The lowest BCUT2D eigenvalue weighted by Gasteiger charge is -2.12. The second-order valence-electron chi connectivity index (χ2n) is 11.1. The Labute approximate surface area is 292 Å². The van der Waals surface area contributed by atoms with Crippen molar-refractivity contribution in [2.24, 2.45) is 0 Å². The summed E-state index contributed by atoms with van der Waals surface area (Å²) in [5, 5.41) is 19.0. The Kier molecular flexibility index (Phi) is 17.1. The van der Waals surface area contributed by atoms with Crippen molar-refractivity contribution in [3.8, 4) is 5.75 Å². The van der Waals surface area contributed by atoms with Crippen LogP contribution >= 0.6 is 0 Å². The number of hydrogen-bond acceptors (Lipinski definition) is 13. The van der Waals surface area contributed by atoms with Gasteiger partial charge >= 0.3 is 0 Å². The van der Waals surface area contributed by atoms with E-state index in [2.05, 4.69) is 30.9 Å². The fraction of sp³-hybridized carbons (Fsp3) is 0.378. The second kappa shape index (κ2) is 22.6. The summed E-state index contributed by atoms with van der Waals surface area (Å²) in [5.74, 6) is 1.41. The number of ether oxygens (including phenoxy) is 4. The number of carbonyl (C=O) groups excluding carboxylic acids is 2. The van der Waals surface area contributed by atoms with Gasteiger partial charge in [-0.25, -0.2) is 0 Å². The molecule has 0 saturated heterocycles. The summed E-state index contributed by atoms with van der Waals surface area (Å²) in [6.45, 7) is 4.43. The van der Waals surface area contributed by atoms with Crippen LogP contribution < -0.4 is 16.0 Å². The Bertz CT molecular complexity index is 1460. The zero-order valence-electron chi connectivity index (χ0n) is 28.2. The third kappa shape index (κ3) is 15.1. The molecule has 1 heterocycles. The number of hydrogen-bond donors (Lipinski definition) is 4. The zero-order valence-corrected chi connectivity index (χ0v) is 28.2. The lowest BCUT2D eigenvalue weighted by atomic mass is 10.1. The highest BCUT2D eigenvalue weighted by molar-refractivity contribution is 5.96. The quantitative estimate of drug-likeness (QED) is 0.0370. The average Bonchev–Trinajstić information content (AvgIpc) is 3.14. The zero-order chi connectivity index (χ0) is 35.1. The number of nitrogens with one attached hydrogen (secondary N) is 3. The molecule has 3 aromatic carbocycles. The number of aromatic nitrogens is 3. The summed E-state index contributed by atoms with van der Waals surface area (Å²) >= 11 is 0. The number of ketones is 2. The maximum Gasteiger partial charge on any atom is 0.233 e. The number of anilines is 4. The minimum Gasteiger partial charge on any atom is -0.508 e. The molecule has 0 fully saturated rings. The molecule has 0 aliphatic carbocycles. The number of benzene rings is 3. The van der Waals surface area contributed by atoms with E-state index in [1.54, 1.807) is 24.3 Å². The fourth-order valence-electron chi connectivity index (χ4n) is 4.58. The number of phenolic OH excluding ortho intramolecular Hbond substituents is 1. The third-order valence-electron chi connectivity index (χ3n) is 7.14. The van der Waals surface area contributed by atoms with Crippen LogP contribution in [0.2, 0.25) is 0 Å². The second-order valence-corrected chi connectivity index (χ2v) is 11.1. The molecule has 0 radical (unpaired) electrons. The van der Waals surface area contributed by atoms with Gasteiger partial charge in [0.05, 0.1) is 39.6 Å². The van der Waals surface area contributed by atoms with E-state index in [0.717, 1.165) is 11.1 Å². The molecule has 0 spiro atoms. The number of aromatic hydroxyl groups is 1. The van der Waals surface area contributed by atoms with E-state index in [4.69, 9.17) is 18.9 Å². The van der Waals surface area contributed by atoms with Gasteiger partial charge in [-0.2, -0.15) is 15.0 Å². The molecule has 13 nitrogen and oxygen atoms in total. The van der Waals surface area contributed by atoms with Crippen molar-refractivity contribution in [3.63, 3.8) is 0 Å². The molecule has 1 aromatic heterocycles. The van der Waals surface area contributed by atoms with Crippen molar-refractivity contribution in [2.75, 3.05) is 81.9 Å². The minimum atomic E-state index is 0.117. The Morgan fingerprint density at radius 3 is 1.40 bits per heavy atom. The van der Waals surface area contributed by atoms with E-state index in [1.807, 2.05) is 60.7 Å². The van der Waals surface area contributed by atoms with Gasteiger partial charge < -0.3 is 40.0 Å². The predicted molar refractivity (Wildman–Crippen MR) is 191 cm³/mol. The lowest BCUT2D eigenvalue weighted by molar-refractivity contribution is 0.0496. The summed E-state index contributed by atoms with van der Waals surface area (Å²) in [7, 11) is 0. The summed E-state index contributed by atoms with van der Waals surface area (Å²) in [5.41, 5.74) is 2.15. The number of phenols is 1. The van der Waals surface area contributed by atoms with Crippen LogP contribution in [0.4, 0.5) is 23.5 Å². The molecule has 0 aliphatic heterocycles. The highest BCUT2D eigenvalue weighted by Gasteiger charge is 2.09. The van der Waals surface area contributed by atoms with E-state index in [-0.39, 0.29) is 17.3 Å². The van der Waals surface area contributed by atoms with Crippen molar-refractivity contribution in [2.45, 2.75) is 25.7 Å². The van der Waals surface area contributed by atoms with Crippen LogP contribution in [-0.4, -0.2) is 97.6 Å². The highest BCUT2D eigenvalue weighted by Crippen LogP contribution is 2.18. The van der Waals surface area contributed by atoms with Crippen LogP contribution in [0, 0.1) is 0 Å². The SMILES string of the molecule is O=C(CCCOCCOCCNc1nc(NCCOCCOCCCC(=O)c2ccccc2)nc(Nc2ccc(O)cc2)n1)c1ccccc1. The van der Waals surface area contributed by atoms with Gasteiger partial charge in [0.25, 0.3) is 0 Å². The van der Waals surface area contributed by atoms with Crippen LogP contribution in [0.3, 0.4) is 0 Å². The molecule has 4 aromatic rings. The van der Waals surface area contributed by atoms with E-state index < -0.39 is 0 Å². The van der Waals surface area contributed by atoms with Crippen LogP contribution in [0.1, 0.15) is 46.4 Å². The van der Waals surface area contributed by atoms with Crippen molar-refractivity contribution in [3.05, 3.63) is 96.1 Å². The topological polar surface area (TPSA) is 166 Å². The summed E-state index contributed by atoms with van der Waals surface area (Å²) in [4.78, 5) is 37.7.